The van der Waals surface area contributed by atoms with Crippen molar-refractivity contribution in [1.82, 2.24) is 4.72 Å². The lowest BCUT2D eigenvalue weighted by molar-refractivity contribution is 0.294. The maximum Gasteiger partial charge on any atom is 0.241 e. The standard InChI is InChI=1S/C16H23N3O2S/c1-12-9-13(10-17)7-8-16(12)22(20,21)19-15(11-18)14-5-3-2-4-6-14/h7-9,14-15,19H,2-6,11,18H2,1H3. The number of hydrogen-bond acceptors (Lipinski definition) is 4. The molecule has 1 fully saturated rings. The van der Waals surface area contributed by atoms with E-state index in [0.29, 0.717) is 23.6 Å². The van der Waals surface area contributed by atoms with Gasteiger partial charge < -0.3 is 5.73 Å². The lowest BCUT2D eigenvalue weighted by Gasteiger charge is -2.30. The second kappa shape index (κ2) is 7.23. The fraction of sp³-hybridized carbons (Fsp3) is 0.562. The molecule has 1 saturated carbocycles. The van der Waals surface area contributed by atoms with E-state index in [2.05, 4.69) is 4.72 Å². The summed E-state index contributed by atoms with van der Waals surface area (Å²) in [5.41, 5.74) is 6.84. The first kappa shape index (κ1) is 16.9. The van der Waals surface area contributed by atoms with E-state index < -0.39 is 10.0 Å². The Labute approximate surface area is 132 Å². The van der Waals surface area contributed by atoms with E-state index in [1.54, 1.807) is 13.0 Å². The molecule has 1 atom stereocenters. The van der Waals surface area contributed by atoms with Gasteiger partial charge in [-0.25, -0.2) is 13.1 Å². The largest absolute Gasteiger partial charge is 0.329 e. The van der Waals surface area contributed by atoms with Crippen LogP contribution >= 0.6 is 0 Å². The Morgan fingerprint density at radius 2 is 2.05 bits per heavy atom. The number of nitrogens with two attached hydrogens (primary N) is 1. The minimum atomic E-state index is -3.62. The highest BCUT2D eigenvalue weighted by Crippen LogP contribution is 2.27. The van der Waals surface area contributed by atoms with Crippen molar-refractivity contribution in [2.45, 2.75) is 50.0 Å². The van der Waals surface area contributed by atoms with Crippen molar-refractivity contribution in [1.29, 1.82) is 5.26 Å². The molecule has 1 unspecified atom stereocenters. The van der Waals surface area contributed by atoms with Gasteiger partial charge in [-0.2, -0.15) is 5.26 Å². The molecule has 120 valence electrons. The minimum Gasteiger partial charge on any atom is -0.329 e. The van der Waals surface area contributed by atoms with Gasteiger partial charge in [0.25, 0.3) is 0 Å². The van der Waals surface area contributed by atoms with Gasteiger partial charge >= 0.3 is 0 Å². The fourth-order valence-electron chi connectivity index (χ4n) is 3.16. The average Bonchev–Trinajstić information content (AvgIpc) is 2.53. The van der Waals surface area contributed by atoms with Crippen LogP contribution in [0.2, 0.25) is 0 Å². The number of nitriles is 1. The highest BCUT2D eigenvalue weighted by molar-refractivity contribution is 7.89. The molecule has 5 nitrogen and oxygen atoms in total. The molecule has 0 amide bonds. The maximum atomic E-state index is 12.6. The number of nitrogens with zero attached hydrogens (tertiary/aromatic N) is 1. The number of sulfonamides is 1. The molecule has 0 spiro atoms. The fourth-order valence-corrected chi connectivity index (χ4v) is 4.70. The Hall–Kier alpha value is -1.42. The summed E-state index contributed by atoms with van der Waals surface area (Å²) in [5, 5.41) is 8.88. The van der Waals surface area contributed by atoms with E-state index in [-0.39, 0.29) is 10.9 Å². The van der Waals surface area contributed by atoms with Crippen LogP contribution in [0.5, 0.6) is 0 Å². The third-order valence-corrected chi connectivity index (χ3v) is 6.02. The summed E-state index contributed by atoms with van der Waals surface area (Å²) in [6.45, 7) is 2.01. The summed E-state index contributed by atoms with van der Waals surface area (Å²) in [6, 6.07) is 6.40. The molecule has 1 aliphatic rings. The van der Waals surface area contributed by atoms with E-state index in [0.717, 1.165) is 25.7 Å². The highest BCUT2D eigenvalue weighted by Gasteiger charge is 2.28. The SMILES string of the molecule is Cc1cc(C#N)ccc1S(=O)(=O)NC(CN)C1CCCCC1. The Morgan fingerprint density at radius 1 is 1.36 bits per heavy atom. The summed E-state index contributed by atoms with van der Waals surface area (Å²) in [7, 11) is -3.62. The summed E-state index contributed by atoms with van der Waals surface area (Å²) >= 11 is 0. The zero-order valence-corrected chi connectivity index (χ0v) is 13.7. The Kier molecular flexibility index (Phi) is 5.57. The number of rotatable bonds is 5. The van der Waals surface area contributed by atoms with Crippen molar-refractivity contribution in [2.75, 3.05) is 6.54 Å². The summed E-state index contributed by atoms with van der Waals surface area (Å²) in [6.07, 6.45) is 5.54. The van der Waals surface area contributed by atoms with Crippen molar-refractivity contribution < 1.29 is 8.42 Å². The molecule has 0 saturated heterocycles. The van der Waals surface area contributed by atoms with Crippen molar-refractivity contribution in [3.63, 3.8) is 0 Å². The van der Waals surface area contributed by atoms with E-state index in [4.69, 9.17) is 11.0 Å². The maximum absolute atomic E-state index is 12.6. The first-order chi connectivity index (χ1) is 10.5. The molecule has 0 bridgehead atoms. The molecule has 22 heavy (non-hydrogen) atoms. The van der Waals surface area contributed by atoms with Crippen molar-refractivity contribution in [3.05, 3.63) is 29.3 Å². The van der Waals surface area contributed by atoms with Gasteiger partial charge in [-0.05, 0) is 49.4 Å². The van der Waals surface area contributed by atoms with Crippen LogP contribution in [-0.4, -0.2) is 21.0 Å². The van der Waals surface area contributed by atoms with Crippen molar-refractivity contribution in [2.24, 2.45) is 11.7 Å². The lowest BCUT2D eigenvalue weighted by Crippen LogP contribution is -2.45. The second-order valence-corrected chi connectivity index (χ2v) is 7.64. The topological polar surface area (TPSA) is 96.0 Å². The lowest BCUT2D eigenvalue weighted by atomic mass is 9.84. The number of benzene rings is 1. The molecule has 2 rings (SSSR count). The third-order valence-electron chi connectivity index (χ3n) is 4.37. The molecule has 3 N–H and O–H groups in total. The van der Waals surface area contributed by atoms with Gasteiger partial charge in [0.15, 0.2) is 0 Å². The molecule has 0 aromatic heterocycles. The predicted octanol–water partition coefficient (Wildman–Crippen LogP) is 2.05. The zero-order chi connectivity index (χ0) is 16.2. The van der Waals surface area contributed by atoms with Crippen LogP contribution in [0.15, 0.2) is 23.1 Å². The van der Waals surface area contributed by atoms with Crippen LogP contribution in [0.3, 0.4) is 0 Å². The van der Waals surface area contributed by atoms with Gasteiger partial charge in [0, 0.05) is 12.6 Å². The van der Waals surface area contributed by atoms with Crippen LogP contribution in [-0.2, 0) is 10.0 Å². The zero-order valence-electron chi connectivity index (χ0n) is 12.9. The first-order valence-corrected chi connectivity index (χ1v) is 9.19. The molecule has 0 heterocycles. The second-order valence-electron chi connectivity index (χ2n) is 5.95. The van der Waals surface area contributed by atoms with Crippen LogP contribution in [0, 0.1) is 24.2 Å². The predicted molar refractivity (Wildman–Crippen MR) is 85.6 cm³/mol. The van der Waals surface area contributed by atoms with Crippen LogP contribution in [0.25, 0.3) is 0 Å². The van der Waals surface area contributed by atoms with E-state index in [1.807, 2.05) is 6.07 Å². The number of hydrogen-bond donors (Lipinski definition) is 2. The van der Waals surface area contributed by atoms with E-state index in [1.165, 1.54) is 18.6 Å². The highest BCUT2D eigenvalue weighted by atomic mass is 32.2. The van der Waals surface area contributed by atoms with Crippen molar-refractivity contribution in [3.8, 4) is 6.07 Å². The van der Waals surface area contributed by atoms with Crippen LogP contribution in [0.1, 0.15) is 43.2 Å². The van der Waals surface area contributed by atoms with Gasteiger partial charge in [-0.1, -0.05) is 19.3 Å². The number of nitrogens with one attached hydrogen (secondary N) is 1. The summed E-state index contributed by atoms with van der Waals surface area (Å²) in [5.74, 6) is 0.312. The van der Waals surface area contributed by atoms with Gasteiger partial charge in [-0.15, -0.1) is 0 Å². The van der Waals surface area contributed by atoms with Crippen molar-refractivity contribution >= 4 is 10.0 Å². The van der Waals surface area contributed by atoms with Gasteiger partial charge in [-0.3, -0.25) is 0 Å². The summed E-state index contributed by atoms with van der Waals surface area (Å²) < 4.78 is 28.0. The quantitative estimate of drug-likeness (QED) is 0.867. The molecule has 1 aliphatic carbocycles. The van der Waals surface area contributed by atoms with Gasteiger partial charge in [0.05, 0.1) is 16.5 Å². The summed E-state index contributed by atoms with van der Waals surface area (Å²) in [4.78, 5) is 0.223. The smallest absolute Gasteiger partial charge is 0.241 e. The Bertz CT molecular complexity index is 658. The molecule has 1 aromatic rings. The van der Waals surface area contributed by atoms with E-state index >= 15 is 0 Å². The molecular weight excluding hydrogens is 298 g/mol. The van der Waals surface area contributed by atoms with Gasteiger partial charge in [0.1, 0.15) is 0 Å². The third kappa shape index (κ3) is 3.86. The Balaban J connectivity index is 2.20. The molecule has 6 heteroatoms. The minimum absolute atomic E-state index is 0.222. The molecule has 0 radical (unpaired) electrons. The molecule has 0 aliphatic heterocycles. The average molecular weight is 321 g/mol. The molecular formula is C16H23N3O2S. The normalized spacial score (nSPS) is 17.9. The number of aryl methyl sites for hydroxylation is 1. The van der Waals surface area contributed by atoms with Crippen LogP contribution < -0.4 is 10.5 Å². The van der Waals surface area contributed by atoms with E-state index in [9.17, 15) is 8.42 Å². The van der Waals surface area contributed by atoms with Gasteiger partial charge in [0.2, 0.25) is 10.0 Å². The Morgan fingerprint density at radius 3 is 2.59 bits per heavy atom. The monoisotopic (exact) mass is 321 g/mol. The first-order valence-electron chi connectivity index (χ1n) is 7.71. The molecule has 1 aromatic carbocycles. The van der Waals surface area contributed by atoms with Crippen LogP contribution in [0.4, 0.5) is 0 Å².